The Labute approximate surface area is 635 Å². The molecule has 6 aromatic carbocycles. The largest absolute Gasteiger partial charge is 0.466 e. The number of benzene rings is 6. The van der Waals surface area contributed by atoms with Crippen LogP contribution in [0.2, 0.25) is 0 Å². The van der Waals surface area contributed by atoms with Crippen molar-refractivity contribution in [2.45, 2.75) is 102 Å². The monoisotopic (exact) mass is 1510 g/mol. The SMILES string of the molecule is C=CC(=O)OCC.CCOC(=O)CC(C[N+](=O)[O-])c1ccc(F)cc1.CO.Cc1cnccc1CN1CC(c2ccc(F)cc2)CC1=O.O=C1CC(c2ccc(F)cc2)CN1.O=C1CC(c2ccc(F)cc2)CN1Cc1cccnc1.O=C1CC(c2ccc(F)cc2)CN1Cc1ccncc1.O=Cc1ccc(F)cc1. The second-order valence-corrected chi connectivity index (χ2v) is 25.4. The quantitative estimate of drug-likeness (QED) is 0.0190. The van der Waals surface area contributed by atoms with Crippen LogP contribution in [-0.4, -0.2) is 135 Å². The van der Waals surface area contributed by atoms with Crippen molar-refractivity contribution in [3.63, 3.8) is 0 Å². The van der Waals surface area contributed by atoms with Gasteiger partial charge in [0.2, 0.25) is 30.2 Å². The number of rotatable bonds is 19. The lowest BCUT2D eigenvalue weighted by atomic mass is 9.96. The van der Waals surface area contributed by atoms with E-state index >= 15 is 0 Å². The molecule has 4 amide bonds. The van der Waals surface area contributed by atoms with Crippen molar-refractivity contribution in [2.24, 2.45) is 0 Å². The first-order valence-corrected chi connectivity index (χ1v) is 35.3. The highest BCUT2D eigenvalue weighted by Gasteiger charge is 2.33. The topological polar surface area (TPSA) is 262 Å². The fourth-order valence-corrected chi connectivity index (χ4v) is 11.9. The Balaban J connectivity index is 0.000000204. The summed E-state index contributed by atoms with van der Waals surface area (Å²) >= 11 is 0. The zero-order valence-electron chi connectivity index (χ0n) is 61.4. The van der Waals surface area contributed by atoms with Crippen LogP contribution in [0.15, 0.2) is 226 Å². The van der Waals surface area contributed by atoms with Crippen molar-refractivity contribution in [3.05, 3.63) is 326 Å². The second kappa shape index (κ2) is 46.2. The molecule has 578 valence electrons. The minimum absolute atomic E-state index is 0.0781. The van der Waals surface area contributed by atoms with Crippen molar-refractivity contribution in [2.75, 3.05) is 53.0 Å². The van der Waals surface area contributed by atoms with E-state index in [1.54, 1.807) is 93.4 Å². The average molecular weight is 1520 g/mol. The number of aliphatic hydroxyl groups excluding tert-OH is 1. The summed E-state index contributed by atoms with van der Waals surface area (Å²) in [6.45, 7) is 13.4. The van der Waals surface area contributed by atoms with Crippen LogP contribution in [0.25, 0.3) is 0 Å². The van der Waals surface area contributed by atoms with Gasteiger partial charge in [-0.15, -0.1) is 0 Å². The van der Waals surface area contributed by atoms with Gasteiger partial charge >= 0.3 is 11.9 Å². The third-order valence-electron chi connectivity index (χ3n) is 17.6. The van der Waals surface area contributed by atoms with E-state index in [9.17, 15) is 70.0 Å². The number of carbonyl (C=O) groups is 7. The molecule has 4 aliphatic rings. The molecule has 20 nitrogen and oxygen atoms in total. The third-order valence-corrected chi connectivity index (χ3v) is 17.6. The van der Waals surface area contributed by atoms with Crippen molar-refractivity contribution in [1.82, 2.24) is 35.0 Å². The number of aryl methyl sites for hydroxylation is 1. The molecule has 110 heavy (non-hydrogen) atoms. The number of aromatic nitrogens is 3. The molecule has 2 N–H and O–H groups in total. The first kappa shape index (κ1) is 86.9. The molecular weight excluding hydrogens is 1430 g/mol. The van der Waals surface area contributed by atoms with Crippen LogP contribution < -0.4 is 5.32 Å². The van der Waals surface area contributed by atoms with E-state index in [2.05, 4.69) is 31.6 Å². The molecule has 4 saturated heterocycles. The van der Waals surface area contributed by atoms with E-state index in [1.807, 2.05) is 58.2 Å². The Bertz CT molecular complexity index is 4260. The second-order valence-electron chi connectivity index (χ2n) is 25.4. The van der Waals surface area contributed by atoms with Gasteiger partial charge in [0, 0.05) is 156 Å². The molecule has 9 aromatic rings. The van der Waals surface area contributed by atoms with Gasteiger partial charge in [0.1, 0.15) is 41.2 Å². The van der Waals surface area contributed by atoms with Crippen molar-refractivity contribution in [1.29, 1.82) is 0 Å². The highest BCUT2D eigenvalue weighted by atomic mass is 19.1. The summed E-state index contributed by atoms with van der Waals surface area (Å²) < 4.78 is 85.5. The first-order valence-electron chi connectivity index (χ1n) is 35.3. The predicted molar refractivity (Wildman–Crippen MR) is 401 cm³/mol. The van der Waals surface area contributed by atoms with Gasteiger partial charge in [-0.1, -0.05) is 73.3 Å². The summed E-state index contributed by atoms with van der Waals surface area (Å²) in [7, 11) is 1.00. The van der Waals surface area contributed by atoms with Gasteiger partial charge < -0.3 is 34.6 Å². The molecule has 26 heteroatoms. The van der Waals surface area contributed by atoms with Crippen LogP contribution in [0.4, 0.5) is 26.3 Å². The minimum Gasteiger partial charge on any atom is -0.466 e. The van der Waals surface area contributed by atoms with Gasteiger partial charge in [-0.05, 0) is 180 Å². The van der Waals surface area contributed by atoms with E-state index in [0.29, 0.717) is 95.5 Å². The third kappa shape index (κ3) is 29.9. The summed E-state index contributed by atoms with van der Waals surface area (Å²) in [5.74, 6) is -1.95. The number of hydrogen-bond donors (Lipinski definition) is 2. The Morgan fingerprint density at radius 1 is 0.545 bits per heavy atom. The number of esters is 2. The van der Waals surface area contributed by atoms with Crippen LogP contribution in [0.3, 0.4) is 0 Å². The average Bonchev–Trinajstić information content (AvgIpc) is 1.70. The number of amides is 4. The van der Waals surface area contributed by atoms with Crippen molar-refractivity contribution < 1.29 is 79.4 Å². The lowest BCUT2D eigenvalue weighted by molar-refractivity contribution is -0.483. The van der Waals surface area contributed by atoms with E-state index in [-0.39, 0.29) is 102 Å². The fourth-order valence-electron chi connectivity index (χ4n) is 11.9. The zero-order chi connectivity index (χ0) is 79.9. The number of pyridine rings is 3. The van der Waals surface area contributed by atoms with Gasteiger partial charge in [0.25, 0.3) is 0 Å². The number of nitrogens with zero attached hydrogens (tertiary/aromatic N) is 7. The molecule has 7 heterocycles. The Hall–Kier alpha value is -12.1. The molecule has 3 aromatic heterocycles. The minimum atomic E-state index is -0.598. The zero-order valence-corrected chi connectivity index (χ0v) is 61.4. The Kier molecular flexibility index (Phi) is 36.5. The van der Waals surface area contributed by atoms with E-state index in [0.717, 1.165) is 57.7 Å². The van der Waals surface area contributed by atoms with Crippen LogP contribution in [0, 0.1) is 51.9 Å². The molecule has 4 aliphatic heterocycles. The van der Waals surface area contributed by atoms with Crippen LogP contribution in [0.5, 0.6) is 0 Å². The number of likely N-dealkylation sites (tertiary alicyclic amines) is 3. The highest BCUT2D eigenvalue weighted by molar-refractivity contribution is 5.82. The number of ether oxygens (including phenoxy) is 2. The maximum absolute atomic E-state index is 13.0. The number of hydrogen-bond acceptors (Lipinski definition) is 15. The smallest absolute Gasteiger partial charge is 0.330 e. The molecule has 0 spiro atoms. The van der Waals surface area contributed by atoms with Crippen molar-refractivity contribution in [3.8, 4) is 0 Å². The van der Waals surface area contributed by atoms with Gasteiger partial charge in [-0.3, -0.25) is 53.8 Å². The summed E-state index contributed by atoms with van der Waals surface area (Å²) in [5, 5.41) is 20.3. The number of nitrogens with one attached hydrogen (secondary N) is 1. The molecule has 0 bridgehead atoms. The first-order chi connectivity index (χ1) is 53.0. The van der Waals surface area contributed by atoms with Gasteiger partial charge in [-0.25, -0.2) is 31.1 Å². The fraction of sp³-hybridized carbons (Fsp3) is 0.286. The van der Waals surface area contributed by atoms with Crippen LogP contribution in [-0.2, 0) is 57.9 Å². The van der Waals surface area contributed by atoms with E-state index in [1.165, 1.54) is 97.1 Å². The molecule has 5 unspecified atom stereocenters. The molecule has 4 fully saturated rings. The van der Waals surface area contributed by atoms with Gasteiger partial charge in [0.05, 0.1) is 25.6 Å². The van der Waals surface area contributed by atoms with Gasteiger partial charge in [-0.2, -0.15) is 0 Å². The summed E-state index contributed by atoms with van der Waals surface area (Å²) in [5.41, 5.74) is 9.48. The summed E-state index contributed by atoms with van der Waals surface area (Å²) in [6.07, 6.45) is 14.3. The molecule has 0 radical (unpaired) electrons. The normalized spacial score (nSPS) is 16.0. The number of halogens is 6. The van der Waals surface area contributed by atoms with E-state index < -0.39 is 22.6 Å². The highest BCUT2D eigenvalue weighted by Crippen LogP contribution is 2.33. The summed E-state index contributed by atoms with van der Waals surface area (Å²) in [6, 6.07) is 46.0. The lowest BCUT2D eigenvalue weighted by Gasteiger charge is -2.18. The molecule has 5 atom stereocenters. The van der Waals surface area contributed by atoms with Gasteiger partial charge in [0.15, 0.2) is 0 Å². The molecule has 13 rings (SSSR count). The number of carbonyl (C=O) groups excluding carboxylic acids is 7. The predicted octanol–water partition coefficient (Wildman–Crippen LogP) is 14.1. The van der Waals surface area contributed by atoms with E-state index in [4.69, 9.17) is 9.84 Å². The standard InChI is InChI=1S/C17H17FN2O.2C16H15FN2O.C12H14FNO4.C10H10FNO.C7H5FO.C5H8O2.CH4O/c1-12-9-19-7-6-14(12)10-20-11-15(8-17(20)21)13-2-4-16(18)5-3-13;17-15-3-1-13(2-4-15)14-9-16(20)19(11-14)10-12-5-7-18-8-6-12;17-15-5-3-13(4-6-15)14-8-16(20)19(11-14)10-12-2-1-7-18-9-12;1-2-18-12(15)7-10(8-14(16)17)9-3-5-11(13)6-4-9;11-9-3-1-7(2-4-9)8-5-10(13)12-6-8;8-7-3-1-6(5-9)2-4-7;1-3-5(6)7-4-2;1-2/h2-7,9,15H,8,10-11H2,1H3;1-8,14H,9-11H2;1-7,9,14H,8,10-11H2;3-6,10H,2,7-8H2,1H3;1-4,8H,5-6H2,(H,12,13);1-5H;3H,1,4H2,2H3;2H,1H3. The molecular formula is C84H88F6N8O12. The number of aliphatic hydroxyl groups is 1. The lowest BCUT2D eigenvalue weighted by Crippen LogP contribution is -2.24. The van der Waals surface area contributed by atoms with Crippen LogP contribution >= 0.6 is 0 Å². The van der Waals surface area contributed by atoms with Crippen molar-refractivity contribution >= 4 is 41.9 Å². The maximum atomic E-state index is 13.0. The number of aldehydes is 1. The Morgan fingerprint density at radius 2 is 0.955 bits per heavy atom. The molecule has 0 saturated carbocycles. The van der Waals surface area contributed by atoms with Crippen LogP contribution in [0.1, 0.15) is 136 Å². The Morgan fingerprint density at radius 3 is 1.34 bits per heavy atom. The summed E-state index contributed by atoms with van der Waals surface area (Å²) in [4.78, 5) is 106. The molecule has 0 aliphatic carbocycles. The maximum Gasteiger partial charge on any atom is 0.330 e. The number of nitro groups is 1.